The van der Waals surface area contributed by atoms with Gasteiger partial charge >= 0.3 is 0 Å². The van der Waals surface area contributed by atoms with Crippen LogP contribution in [0.25, 0.3) is 0 Å². The van der Waals surface area contributed by atoms with Crippen molar-refractivity contribution in [1.82, 2.24) is 0 Å². The molecule has 0 unspecified atom stereocenters. The van der Waals surface area contributed by atoms with Crippen LogP contribution in [0.1, 0.15) is 20.8 Å². The van der Waals surface area contributed by atoms with Gasteiger partial charge < -0.3 is 4.74 Å². The fourth-order valence-electron chi connectivity index (χ4n) is 0.400. The molecule has 0 aromatic carbocycles. The number of hydrogen-bond donors (Lipinski definition) is 0. The predicted octanol–water partition coefficient (Wildman–Crippen LogP) is 2.24. The monoisotopic (exact) mass is 128 g/mol. The Morgan fingerprint density at radius 1 is 1.56 bits per heavy atom. The Bertz CT molecular complexity index is 84.6. The van der Waals surface area contributed by atoms with Crippen LogP contribution >= 0.6 is 0 Å². The van der Waals surface area contributed by atoms with Crippen molar-refractivity contribution in [3.63, 3.8) is 0 Å². The standard InChI is InChI=1S/C8H16O/c1-5-9-6-8(4)7(2)3/h7H,4-6H2,1-3H3. The van der Waals surface area contributed by atoms with Gasteiger partial charge in [0.1, 0.15) is 0 Å². The lowest BCUT2D eigenvalue weighted by molar-refractivity contribution is 0.165. The molecule has 0 saturated carbocycles. The summed E-state index contributed by atoms with van der Waals surface area (Å²) in [7, 11) is 0. The average molecular weight is 128 g/mol. The lowest BCUT2D eigenvalue weighted by Gasteiger charge is -2.07. The second-order valence-electron chi connectivity index (χ2n) is 2.45. The van der Waals surface area contributed by atoms with Crippen molar-refractivity contribution in [3.05, 3.63) is 12.2 Å². The van der Waals surface area contributed by atoms with Crippen molar-refractivity contribution in [1.29, 1.82) is 0 Å². The highest BCUT2D eigenvalue weighted by Gasteiger charge is 1.97. The van der Waals surface area contributed by atoms with E-state index < -0.39 is 0 Å². The van der Waals surface area contributed by atoms with E-state index in [-0.39, 0.29) is 0 Å². The van der Waals surface area contributed by atoms with E-state index in [1.807, 2.05) is 6.92 Å². The van der Waals surface area contributed by atoms with Crippen LogP contribution in [0.15, 0.2) is 12.2 Å². The van der Waals surface area contributed by atoms with Gasteiger partial charge in [0.25, 0.3) is 0 Å². The van der Waals surface area contributed by atoms with Gasteiger partial charge in [-0.1, -0.05) is 20.4 Å². The van der Waals surface area contributed by atoms with Crippen molar-refractivity contribution in [3.8, 4) is 0 Å². The molecule has 0 aromatic rings. The van der Waals surface area contributed by atoms with Gasteiger partial charge in [0, 0.05) is 6.61 Å². The summed E-state index contributed by atoms with van der Waals surface area (Å²) in [6, 6.07) is 0. The zero-order valence-electron chi connectivity index (χ0n) is 6.61. The molecule has 0 rings (SSSR count). The number of ether oxygens (including phenoxy) is 1. The fraction of sp³-hybridized carbons (Fsp3) is 0.750. The zero-order chi connectivity index (χ0) is 7.28. The maximum absolute atomic E-state index is 5.16. The molecule has 0 amide bonds. The molecule has 0 radical (unpaired) electrons. The van der Waals surface area contributed by atoms with Gasteiger partial charge in [-0.3, -0.25) is 0 Å². The van der Waals surface area contributed by atoms with Crippen LogP contribution in [0.2, 0.25) is 0 Å². The minimum atomic E-state index is 0.552. The minimum Gasteiger partial charge on any atom is -0.377 e. The van der Waals surface area contributed by atoms with Gasteiger partial charge in [-0.25, -0.2) is 0 Å². The third-order valence-corrected chi connectivity index (χ3v) is 1.31. The van der Waals surface area contributed by atoms with E-state index in [0.29, 0.717) is 12.5 Å². The molecule has 1 nitrogen and oxygen atoms in total. The van der Waals surface area contributed by atoms with Crippen molar-refractivity contribution < 1.29 is 4.74 Å². The molecule has 0 aliphatic heterocycles. The lowest BCUT2D eigenvalue weighted by atomic mass is 10.1. The van der Waals surface area contributed by atoms with Gasteiger partial charge in [-0.05, 0) is 18.4 Å². The van der Waals surface area contributed by atoms with Gasteiger partial charge in [0.05, 0.1) is 6.61 Å². The quantitative estimate of drug-likeness (QED) is 0.527. The summed E-state index contributed by atoms with van der Waals surface area (Å²) in [5.41, 5.74) is 1.18. The van der Waals surface area contributed by atoms with Gasteiger partial charge in [0.15, 0.2) is 0 Å². The average Bonchev–Trinajstić information content (AvgIpc) is 1.82. The molecule has 9 heavy (non-hydrogen) atoms. The number of hydrogen-bond acceptors (Lipinski definition) is 1. The summed E-state index contributed by atoms with van der Waals surface area (Å²) in [5.74, 6) is 0.552. The first-order chi connectivity index (χ1) is 4.18. The molecule has 0 aliphatic carbocycles. The summed E-state index contributed by atoms with van der Waals surface area (Å²) < 4.78 is 5.16. The van der Waals surface area contributed by atoms with Gasteiger partial charge in [-0.15, -0.1) is 0 Å². The van der Waals surface area contributed by atoms with E-state index in [4.69, 9.17) is 4.74 Å². The Kier molecular flexibility index (Phi) is 4.41. The minimum absolute atomic E-state index is 0.552. The molecular formula is C8H16O. The fourth-order valence-corrected chi connectivity index (χ4v) is 0.400. The summed E-state index contributed by atoms with van der Waals surface area (Å²) in [6.45, 7) is 11.6. The highest BCUT2D eigenvalue weighted by molar-refractivity contribution is 4.97. The summed E-state index contributed by atoms with van der Waals surface area (Å²) in [6.07, 6.45) is 0. The van der Waals surface area contributed by atoms with Crippen LogP contribution in [0.4, 0.5) is 0 Å². The molecule has 0 N–H and O–H groups in total. The molecule has 0 atom stereocenters. The highest BCUT2D eigenvalue weighted by Crippen LogP contribution is 2.05. The Labute approximate surface area is 57.7 Å². The van der Waals surface area contributed by atoms with Crippen LogP contribution in [0, 0.1) is 5.92 Å². The van der Waals surface area contributed by atoms with Crippen molar-refractivity contribution in [2.24, 2.45) is 5.92 Å². The van der Waals surface area contributed by atoms with E-state index in [1.54, 1.807) is 0 Å². The normalized spacial score (nSPS) is 10.2. The summed E-state index contributed by atoms with van der Waals surface area (Å²) in [5, 5.41) is 0. The molecule has 0 bridgehead atoms. The van der Waals surface area contributed by atoms with Crippen LogP contribution < -0.4 is 0 Å². The predicted molar refractivity (Wildman–Crippen MR) is 40.5 cm³/mol. The maximum atomic E-state index is 5.16. The van der Waals surface area contributed by atoms with E-state index in [1.165, 1.54) is 5.57 Å². The maximum Gasteiger partial charge on any atom is 0.0676 e. The van der Waals surface area contributed by atoms with Crippen LogP contribution in [-0.2, 0) is 4.74 Å². The molecule has 0 aliphatic rings. The van der Waals surface area contributed by atoms with E-state index in [0.717, 1.165) is 6.61 Å². The van der Waals surface area contributed by atoms with Gasteiger partial charge in [0.2, 0.25) is 0 Å². The van der Waals surface area contributed by atoms with Crippen molar-refractivity contribution >= 4 is 0 Å². The smallest absolute Gasteiger partial charge is 0.0676 e. The molecule has 0 aromatic heterocycles. The highest BCUT2D eigenvalue weighted by atomic mass is 16.5. The first kappa shape index (κ1) is 8.70. The molecule has 54 valence electrons. The summed E-state index contributed by atoms with van der Waals surface area (Å²) >= 11 is 0. The Morgan fingerprint density at radius 3 is 2.44 bits per heavy atom. The Morgan fingerprint density at radius 2 is 2.11 bits per heavy atom. The SMILES string of the molecule is C=C(COCC)C(C)C. The molecule has 0 spiro atoms. The third-order valence-electron chi connectivity index (χ3n) is 1.31. The first-order valence-corrected chi connectivity index (χ1v) is 3.43. The molecule has 0 heterocycles. The van der Waals surface area contributed by atoms with Crippen LogP contribution in [-0.4, -0.2) is 13.2 Å². The molecule has 0 saturated heterocycles. The first-order valence-electron chi connectivity index (χ1n) is 3.43. The summed E-state index contributed by atoms with van der Waals surface area (Å²) in [4.78, 5) is 0. The number of rotatable bonds is 4. The van der Waals surface area contributed by atoms with Crippen molar-refractivity contribution in [2.75, 3.05) is 13.2 Å². The largest absolute Gasteiger partial charge is 0.377 e. The molecular weight excluding hydrogens is 112 g/mol. The van der Waals surface area contributed by atoms with E-state index in [9.17, 15) is 0 Å². The topological polar surface area (TPSA) is 9.23 Å². The zero-order valence-corrected chi connectivity index (χ0v) is 6.61. The Balaban J connectivity index is 3.28. The second kappa shape index (κ2) is 4.57. The second-order valence-corrected chi connectivity index (χ2v) is 2.45. The van der Waals surface area contributed by atoms with E-state index in [2.05, 4.69) is 20.4 Å². The van der Waals surface area contributed by atoms with Gasteiger partial charge in [-0.2, -0.15) is 0 Å². The lowest BCUT2D eigenvalue weighted by Crippen LogP contribution is -2.01. The third kappa shape index (κ3) is 4.22. The van der Waals surface area contributed by atoms with Crippen LogP contribution in [0.5, 0.6) is 0 Å². The molecule has 1 heteroatoms. The van der Waals surface area contributed by atoms with Crippen LogP contribution in [0.3, 0.4) is 0 Å². The Hall–Kier alpha value is -0.300. The molecule has 0 fully saturated rings. The van der Waals surface area contributed by atoms with E-state index >= 15 is 0 Å². The van der Waals surface area contributed by atoms with Crippen molar-refractivity contribution in [2.45, 2.75) is 20.8 Å².